The van der Waals surface area contributed by atoms with Crippen molar-refractivity contribution >= 4 is 29.7 Å². The predicted octanol–water partition coefficient (Wildman–Crippen LogP) is 6.31. The topological polar surface area (TPSA) is 91.8 Å². The molecule has 1 aliphatic heterocycles. The number of pyridine rings is 1. The second-order valence-corrected chi connectivity index (χ2v) is 7.95. The van der Waals surface area contributed by atoms with E-state index in [0.717, 1.165) is 11.1 Å². The fraction of sp³-hybridized carbons (Fsp3) is 0.370. The van der Waals surface area contributed by atoms with Crippen molar-refractivity contribution < 1.29 is 41.4 Å². The number of carbonyl (C=O) groups is 2. The molecule has 0 bridgehead atoms. The van der Waals surface area contributed by atoms with Crippen LogP contribution in [0.15, 0.2) is 43.5 Å². The first-order valence-corrected chi connectivity index (χ1v) is 11.9. The summed E-state index contributed by atoms with van der Waals surface area (Å²) in [6.45, 7) is 13.0. The first-order valence-electron chi connectivity index (χ1n) is 11.9. The lowest BCUT2D eigenvalue weighted by Gasteiger charge is -2.38. The Morgan fingerprint density at radius 2 is 1.79 bits per heavy atom. The van der Waals surface area contributed by atoms with Crippen molar-refractivity contribution in [2.75, 3.05) is 25.5 Å². The zero-order valence-electron chi connectivity index (χ0n) is 22.1. The van der Waals surface area contributed by atoms with E-state index in [2.05, 4.69) is 23.5 Å². The summed E-state index contributed by atoms with van der Waals surface area (Å²) in [6.07, 6.45) is -3.96. The minimum Gasteiger partial charge on any atom is -0.475 e. The van der Waals surface area contributed by atoms with Crippen LogP contribution in [-0.4, -0.2) is 65.2 Å². The van der Waals surface area contributed by atoms with Gasteiger partial charge in [0.2, 0.25) is 5.88 Å². The summed E-state index contributed by atoms with van der Waals surface area (Å²) in [5.41, 5.74) is 3.26. The molecule has 0 spiro atoms. The van der Waals surface area contributed by atoms with Gasteiger partial charge < -0.3 is 20.1 Å². The molecule has 1 aliphatic rings. The van der Waals surface area contributed by atoms with E-state index in [1.165, 1.54) is 17.0 Å². The molecule has 0 aliphatic carbocycles. The number of para-hydroxylation sites is 1. The van der Waals surface area contributed by atoms with Crippen LogP contribution in [0.1, 0.15) is 47.4 Å². The Kier molecular flexibility index (Phi) is 12.1. The van der Waals surface area contributed by atoms with Gasteiger partial charge in [-0.25, -0.2) is 18.6 Å². The van der Waals surface area contributed by atoms with E-state index in [4.69, 9.17) is 14.6 Å². The van der Waals surface area contributed by atoms with Gasteiger partial charge in [0.1, 0.15) is 0 Å². The Labute approximate surface area is 224 Å². The number of aromatic nitrogens is 1. The SMILES string of the molecule is C=Cc1ccc(OC2CN(C(=O)c3cccc(C)c3NC)CCC2(F)F)nc1C=C.CC.O=C(O)C(F)(F)F. The van der Waals surface area contributed by atoms with Crippen LogP contribution < -0.4 is 10.1 Å². The van der Waals surface area contributed by atoms with E-state index in [1.54, 1.807) is 31.3 Å². The summed E-state index contributed by atoms with van der Waals surface area (Å²) < 4.78 is 66.5. The highest BCUT2D eigenvalue weighted by atomic mass is 19.4. The fourth-order valence-electron chi connectivity index (χ4n) is 3.54. The van der Waals surface area contributed by atoms with Gasteiger partial charge in [-0.1, -0.05) is 45.2 Å². The third-order valence-corrected chi connectivity index (χ3v) is 5.46. The molecule has 7 nitrogen and oxygen atoms in total. The predicted molar refractivity (Wildman–Crippen MR) is 140 cm³/mol. The molecule has 0 saturated carbocycles. The molecule has 1 aromatic carbocycles. The maximum Gasteiger partial charge on any atom is 0.490 e. The molecule has 0 radical (unpaired) electrons. The molecule has 12 heteroatoms. The third kappa shape index (κ3) is 8.79. The van der Waals surface area contributed by atoms with Gasteiger partial charge in [0.15, 0.2) is 6.10 Å². The Bertz CT molecular complexity index is 1170. The van der Waals surface area contributed by atoms with Gasteiger partial charge in [-0.15, -0.1) is 0 Å². The van der Waals surface area contributed by atoms with Crippen LogP contribution in [0.25, 0.3) is 12.2 Å². The molecular formula is C27H32F5N3O4. The first-order chi connectivity index (χ1) is 18.2. The van der Waals surface area contributed by atoms with Crippen molar-refractivity contribution in [3.63, 3.8) is 0 Å². The van der Waals surface area contributed by atoms with Crippen LogP contribution in [0.5, 0.6) is 5.88 Å². The van der Waals surface area contributed by atoms with Crippen LogP contribution in [0.3, 0.4) is 0 Å². The summed E-state index contributed by atoms with van der Waals surface area (Å²) >= 11 is 0. The average molecular weight is 558 g/mol. The smallest absolute Gasteiger partial charge is 0.475 e. The van der Waals surface area contributed by atoms with Crippen molar-refractivity contribution in [2.45, 2.75) is 45.4 Å². The van der Waals surface area contributed by atoms with E-state index < -0.39 is 30.6 Å². The molecule has 1 fully saturated rings. The Morgan fingerprint density at radius 1 is 1.18 bits per heavy atom. The van der Waals surface area contributed by atoms with Crippen molar-refractivity contribution in [2.24, 2.45) is 0 Å². The Morgan fingerprint density at radius 3 is 2.31 bits per heavy atom. The van der Waals surface area contributed by atoms with Crippen LogP contribution in [0.4, 0.5) is 27.6 Å². The van der Waals surface area contributed by atoms with Gasteiger partial charge in [-0.3, -0.25) is 4.79 Å². The Hall–Kier alpha value is -3.96. The number of carbonyl (C=O) groups excluding carboxylic acids is 1. The molecular weight excluding hydrogens is 525 g/mol. The van der Waals surface area contributed by atoms with E-state index >= 15 is 0 Å². The van der Waals surface area contributed by atoms with Crippen molar-refractivity contribution in [1.29, 1.82) is 0 Å². The van der Waals surface area contributed by atoms with Crippen molar-refractivity contribution in [3.8, 4) is 5.88 Å². The second kappa shape index (κ2) is 14.3. The first kappa shape index (κ1) is 33.1. The number of benzene rings is 1. The number of ether oxygens (including phenoxy) is 1. The molecule has 2 aromatic rings. The summed E-state index contributed by atoms with van der Waals surface area (Å²) in [6, 6.07) is 8.55. The average Bonchev–Trinajstić information content (AvgIpc) is 2.90. The number of rotatable bonds is 6. The molecule has 1 aromatic heterocycles. The van der Waals surface area contributed by atoms with E-state index in [1.807, 2.05) is 26.8 Å². The lowest BCUT2D eigenvalue weighted by Crippen LogP contribution is -2.55. The third-order valence-electron chi connectivity index (χ3n) is 5.46. The minimum atomic E-state index is -5.08. The number of halogens is 5. The van der Waals surface area contributed by atoms with Crippen LogP contribution in [-0.2, 0) is 4.79 Å². The number of nitrogens with zero attached hydrogens (tertiary/aromatic N) is 2. The summed E-state index contributed by atoms with van der Waals surface area (Å²) in [4.78, 5) is 27.6. The lowest BCUT2D eigenvalue weighted by atomic mass is 10.0. The van der Waals surface area contributed by atoms with Gasteiger partial charge in [-0.05, 0) is 36.3 Å². The molecule has 3 rings (SSSR count). The highest BCUT2D eigenvalue weighted by molar-refractivity contribution is 6.00. The van der Waals surface area contributed by atoms with E-state index in [0.29, 0.717) is 16.9 Å². The van der Waals surface area contributed by atoms with Gasteiger partial charge in [0, 0.05) is 31.8 Å². The number of nitrogens with one attached hydrogen (secondary N) is 1. The monoisotopic (exact) mass is 557 g/mol. The minimum absolute atomic E-state index is 0.0521. The molecule has 2 N–H and O–H groups in total. The quantitative estimate of drug-likeness (QED) is 0.405. The van der Waals surface area contributed by atoms with Crippen molar-refractivity contribution in [3.05, 3.63) is 65.9 Å². The number of carboxylic acids is 1. The molecule has 39 heavy (non-hydrogen) atoms. The number of amides is 1. The standard InChI is InChI=1S/C23H25F2N3O2.C2HF3O2.C2H6/c1-5-16-10-11-20(27-18(16)6-2)30-19-14-28(13-12-23(19,24)25)22(29)17-9-7-8-15(3)21(17)26-4;3-2(4,5)1(6)7;1-2/h5-11,19,26H,1-2,12-14H2,3-4H3;(H,6,7);1-2H3. The molecule has 1 atom stereocenters. The highest BCUT2D eigenvalue weighted by Crippen LogP contribution is 2.33. The molecule has 214 valence electrons. The number of hydrogen-bond acceptors (Lipinski definition) is 5. The zero-order chi connectivity index (χ0) is 30.0. The highest BCUT2D eigenvalue weighted by Gasteiger charge is 2.47. The molecule has 1 saturated heterocycles. The maximum absolute atomic E-state index is 14.6. The fourth-order valence-corrected chi connectivity index (χ4v) is 3.54. The van der Waals surface area contributed by atoms with E-state index in [9.17, 15) is 26.7 Å². The van der Waals surface area contributed by atoms with Gasteiger partial charge in [0.25, 0.3) is 11.8 Å². The normalized spacial score (nSPS) is 15.9. The lowest BCUT2D eigenvalue weighted by molar-refractivity contribution is -0.192. The second-order valence-electron chi connectivity index (χ2n) is 7.95. The number of anilines is 1. The van der Waals surface area contributed by atoms with Crippen LogP contribution in [0, 0.1) is 6.92 Å². The molecule has 1 amide bonds. The molecule has 1 unspecified atom stereocenters. The number of aryl methyl sites for hydroxylation is 1. The number of hydrogen-bond donors (Lipinski definition) is 2. The summed E-state index contributed by atoms with van der Waals surface area (Å²) in [5.74, 6) is -6.09. The number of piperidine rings is 1. The summed E-state index contributed by atoms with van der Waals surface area (Å²) in [5, 5.41) is 10.1. The maximum atomic E-state index is 14.6. The largest absolute Gasteiger partial charge is 0.490 e. The zero-order valence-corrected chi connectivity index (χ0v) is 22.1. The molecule has 2 heterocycles. The van der Waals surface area contributed by atoms with Crippen LogP contribution in [0.2, 0.25) is 0 Å². The number of alkyl halides is 5. The number of likely N-dealkylation sites (tertiary alicyclic amines) is 1. The van der Waals surface area contributed by atoms with Gasteiger partial charge >= 0.3 is 12.1 Å². The Balaban J connectivity index is 0.000000735. The number of aliphatic carboxylic acids is 1. The van der Waals surface area contributed by atoms with Crippen LogP contribution >= 0.6 is 0 Å². The van der Waals surface area contributed by atoms with Gasteiger partial charge in [0.05, 0.1) is 17.8 Å². The van der Waals surface area contributed by atoms with Crippen molar-refractivity contribution in [1.82, 2.24) is 9.88 Å². The summed E-state index contributed by atoms with van der Waals surface area (Å²) in [7, 11) is 1.73. The van der Waals surface area contributed by atoms with Gasteiger partial charge in [-0.2, -0.15) is 13.2 Å². The van der Waals surface area contributed by atoms with E-state index in [-0.39, 0.29) is 24.9 Å². The number of carboxylic acid groups (broad SMARTS) is 1.